The van der Waals surface area contributed by atoms with Crippen LogP contribution in [0.15, 0.2) is 54.6 Å². The van der Waals surface area contributed by atoms with Crippen LogP contribution in [0.2, 0.25) is 0 Å². The molecule has 0 heterocycles. The minimum atomic E-state index is -0.276. The summed E-state index contributed by atoms with van der Waals surface area (Å²) in [5.74, 6) is -0.276. The first-order valence-electron chi connectivity index (χ1n) is 6.71. The zero-order valence-corrected chi connectivity index (χ0v) is 11.8. The number of ether oxygens (including phenoxy) is 1. The lowest BCUT2D eigenvalue weighted by molar-refractivity contribution is 0.0526. The van der Waals surface area contributed by atoms with Crippen molar-refractivity contribution < 1.29 is 9.53 Å². The van der Waals surface area contributed by atoms with Gasteiger partial charge in [0.1, 0.15) is 0 Å². The zero-order chi connectivity index (χ0) is 14.4. The normalized spacial score (nSPS) is 11.2. The molecule has 0 saturated heterocycles. The first kappa shape index (κ1) is 14.1. The highest BCUT2D eigenvalue weighted by molar-refractivity contribution is 5.91. The van der Waals surface area contributed by atoms with Crippen molar-refractivity contribution in [3.63, 3.8) is 0 Å². The molecule has 102 valence electrons. The summed E-state index contributed by atoms with van der Waals surface area (Å²) in [6.45, 7) is 4.24. The standard InChI is InChI=1S/C18H18O2/c1-3-20-18(19)17-11-7-10-16(13-17)14(2)12-15-8-5-4-6-9-15/h4-13H,3H2,1-2H3. The predicted molar refractivity (Wildman–Crippen MR) is 82.4 cm³/mol. The van der Waals surface area contributed by atoms with E-state index in [0.29, 0.717) is 12.2 Å². The minimum Gasteiger partial charge on any atom is -0.462 e. The molecule has 2 rings (SSSR count). The van der Waals surface area contributed by atoms with E-state index >= 15 is 0 Å². The fraction of sp³-hybridized carbons (Fsp3) is 0.167. The minimum absolute atomic E-state index is 0.276. The molecular weight excluding hydrogens is 248 g/mol. The number of benzene rings is 2. The summed E-state index contributed by atoms with van der Waals surface area (Å²) < 4.78 is 5.02. The van der Waals surface area contributed by atoms with Crippen LogP contribution >= 0.6 is 0 Å². The Balaban J connectivity index is 2.27. The number of rotatable bonds is 4. The average molecular weight is 266 g/mol. The van der Waals surface area contributed by atoms with Crippen LogP contribution in [0.3, 0.4) is 0 Å². The van der Waals surface area contributed by atoms with E-state index < -0.39 is 0 Å². The summed E-state index contributed by atoms with van der Waals surface area (Å²) in [5.41, 5.74) is 3.87. The number of carbonyl (C=O) groups excluding carboxylic acids is 1. The van der Waals surface area contributed by atoms with E-state index in [2.05, 4.69) is 18.2 Å². The number of esters is 1. The molecule has 0 aliphatic rings. The van der Waals surface area contributed by atoms with Crippen LogP contribution in [0.1, 0.15) is 35.3 Å². The third-order valence-electron chi connectivity index (χ3n) is 3.01. The van der Waals surface area contributed by atoms with Gasteiger partial charge in [-0.3, -0.25) is 0 Å². The van der Waals surface area contributed by atoms with Crippen LogP contribution < -0.4 is 0 Å². The molecule has 2 heteroatoms. The van der Waals surface area contributed by atoms with Crippen LogP contribution in [0, 0.1) is 0 Å². The average Bonchev–Trinajstić information content (AvgIpc) is 2.48. The largest absolute Gasteiger partial charge is 0.462 e. The first-order valence-corrected chi connectivity index (χ1v) is 6.71. The Hall–Kier alpha value is -2.35. The van der Waals surface area contributed by atoms with Gasteiger partial charge in [-0.2, -0.15) is 0 Å². The van der Waals surface area contributed by atoms with E-state index in [-0.39, 0.29) is 5.97 Å². The summed E-state index contributed by atoms with van der Waals surface area (Å²) >= 11 is 0. The topological polar surface area (TPSA) is 26.3 Å². The maximum Gasteiger partial charge on any atom is 0.338 e. The first-order chi connectivity index (χ1) is 9.70. The van der Waals surface area contributed by atoms with Crippen molar-refractivity contribution in [2.75, 3.05) is 6.61 Å². The molecule has 0 atom stereocenters. The summed E-state index contributed by atoms with van der Waals surface area (Å²) in [4.78, 5) is 11.7. The molecule has 0 spiro atoms. The molecule has 0 saturated carbocycles. The number of carbonyl (C=O) groups is 1. The predicted octanol–water partition coefficient (Wildman–Crippen LogP) is 4.42. The second-order valence-corrected chi connectivity index (χ2v) is 4.54. The molecule has 0 fully saturated rings. The van der Waals surface area contributed by atoms with Crippen molar-refractivity contribution in [2.24, 2.45) is 0 Å². The Labute approximate surface area is 119 Å². The van der Waals surface area contributed by atoms with E-state index in [1.165, 1.54) is 0 Å². The van der Waals surface area contributed by atoms with Gasteiger partial charge in [-0.05, 0) is 42.7 Å². The van der Waals surface area contributed by atoms with E-state index in [0.717, 1.165) is 16.7 Å². The molecule has 0 aliphatic carbocycles. The van der Waals surface area contributed by atoms with Gasteiger partial charge in [0.25, 0.3) is 0 Å². The van der Waals surface area contributed by atoms with Crippen molar-refractivity contribution in [2.45, 2.75) is 13.8 Å². The summed E-state index contributed by atoms with van der Waals surface area (Å²) in [7, 11) is 0. The van der Waals surface area contributed by atoms with Gasteiger partial charge in [-0.15, -0.1) is 0 Å². The molecule has 0 unspecified atom stereocenters. The van der Waals surface area contributed by atoms with Gasteiger partial charge in [0.15, 0.2) is 0 Å². The smallest absolute Gasteiger partial charge is 0.338 e. The Morgan fingerprint density at radius 2 is 1.75 bits per heavy atom. The number of hydrogen-bond donors (Lipinski definition) is 0. The molecule has 0 radical (unpaired) electrons. The Bertz CT molecular complexity index is 612. The van der Waals surface area contributed by atoms with Gasteiger partial charge in [0.2, 0.25) is 0 Å². The molecule has 20 heavy (non-hydrogen) atoms. The second kappa shape index (κ2) is 6.71. The lowest BCUT2D eigenvalue weighted by Gasteiger charge is -2.06. The summed E-state index contributed by atoms with van der Waals surface area (Å²) in [6.07, 6.45) is 2.10. The van der Waals surface area contributed by atoms with Crippen LogP contribution in [-0.2, 0) is 4.74 Å². The SMILES string of the molecule is CCOC(=O)c1cccc(C(C)=Cc2ccccc2)c1. The molecule has 0 bridgehead atoms. The van der Waals surface area contributed by atoms with Gasteiger partial charge >= 0.3 is 5.97 Å². The highest BCUT2D eigenvalue weighted by Gasteiger charge is 2.07. The van der Waals surface area contributed by atoms with Crippen molar-refractivity contribution in [3.05, 3.63) is 71.3 Å². The van der Waals surface area contributed by atoms with Crippen molar-refractivity contribution in [1.82, 2.24) is 0 Å². The lowest BCUT2D eigenvalue weighted by atomic mass is 10.0. The van der Waals surface area contributed by atoms with Crippen LogP contribution in [0.25, 0.3) is 11.6 Å². The van der Waals surface area contributed by atoms with Crippen molar-refractivity contribution in [1.29, 1.82) is 0 Å². The molecule has 0 N–H and O–H groups in total. The van der Waals surface area contributed by atoms with Gasteiger partial charge in [-0.1, -0.05) is 48.5 Å². The number of allylic oxidation sites excluding steroid dienone is 1. The van der Waals surface area contributed by atoms with E-state index in [1.54, 1.807) is 6.07 Å². The quantitative estimate of drug-likeness (QED) is 0.604. The lowest BCUT2D eigenvalue weighted by Crippen LogP contribution is -2.04. The molecule has 2 nitrogen and oxygen atoms in total. The Kier molecular flexibility index (Phi) is 4.72. The Morgan fingerprint density at radius 3 is 2.45 bits per heavy atom. The van der Waals surface area contributed by atoms with Gasteiger partial charge in [-0.25, -0.2) is 4.79 Å². The highest BCUT2D eigenvalue weighted by Crippen LogP contribution is 2.19. The maximum absolute atomic E-state index is 11.7. The van der Waals surface area contributed by atoms with Crippen molar-refractivity contribution >= 4 is 17.6 Å². The monoisotopic (exact) mass is 266 g/mol. The van der Waals surface area contributed by atoms with Crippen LogP contribution in [0.5, 0.6) is 0 Å². The molecule has 2 aromatic rings. The van der Waals surface area contributed by atoms with Gasteiger partial charge in [0, 0.05) is 0 Å². The molecule has 2 aromatic carbocycles. The maximum atomic E-state index is 11.7. The third-order valence-corrected chi connectivity index (χ3v) is 3.01. The highest BCUT2D eigenvalue weighted by atomic mass is 16.5. The third kappa shape index (κ3) is 3.58. The summed E-state index contributed by atoms with van der Waals surface area (Å²) in [6, 6.07) is 17.6. The molecule has 0 amide bonds. The van der Waals surface area contributed by atoms with Gasteiger partial charge < -0.3 is 4.74 Å². The van der Waals surface area contributed by atoms with E-state index in [1.807, 2.05) is 50.2 Å². The van der Waals surface area contributed by atoms with E-state index in [9.17, 15) is 4.79 Å². The molecular formula is C18H18O2. The molecule has 0 aromatic heterocycles. The Morgan fingerprint density at radius 1 is 1.05 bits per heavy atom. The van der Waals surface area contributed by atoms with E-state index in [4.69, 9.17) is 4.74 Å². The molecule has 0 aliphatic heterocycles. The van der Waals surface area contributed by atoms with Crippen LogP contribution in [0.4, 0.5) is 0 Å². The fourth-order valence-electron chi connectivity index (χ4n) is 1.99. The number of hydrogen-bond acceptors (Lipinski definition) is 2. The zero-order valence-electron chi connectivity index (χ0n) is 11.8. The second-order valence-electron chi connectivity index (χ2n) is 4.54. The fourth-order valence-corrected chi connectivity index (χ4v) is 1.99. The van der Waals surface area contributed by atoms with Gasteiger partial charge in [0.05, 0.1) is 12.2 Å². The summed E-state index contributed by atoms with van der Waals surface area (Å²) in [5, 5.41) is 0. The van der Waals surface area contributed by atoms with Crippen LogP contribution in [-0.4, -0.2) is 12.6 Å². The van der Waals surface area contributed by atoms with Crippen molar-refractivity contribution in [3.8, 4) is 0 Å².